The number of hydrogen-bond acceptors (Lipinski definition) is 5. The number of amides is 2. The molecule has 0 bridgehead atoms. The topological polar surface area (TPSA) is 69.3 Å². The molecule has 0 saturated carbocycles. The summed E-state index contributed by atoms with van der Waals surface area (Å²) in [6.07, 6.45) is 0.706. The van der Waals surface area contributed by atoms with E-state index in [2.05, 4.69) is 5.32 Å². The van der Waals surface area contributed by atoms with E-state index in [1.54, 1.807) is 28.4 Å². The van der Waals surface area contributed by atoms with Gasteiger partial charge >= 0.3 is 6.03 Å². The van der Waals surface area contributed by atoms with Crippen LogP contribution in [0.1, 0.15) is 28.3 Å². The average Bonchev–Trinajstić information content (AvgIpc) is 2.88. The highest BCUT2D eigenvalue weighted by atomic mass is 16.5. The van der Waals surface area contributed by atoms with Gasteiger partial charge in [0.25, 0.3) is 0 Å². The van der Waals surface area contributed by atoms with E-state index in [-0.39, 0.29) is 12.1 Å². The lowest BCUT2D eigenvalue weighted by atomic mass is 9.87. The number of carbonyl (C=O) groups excluding carboxylic acids is 1. The van der Waals surface area contributed by atoms with Crippen LogP contribution in [0, 0.1) is 6.92 Å². The van der Waals surface area contributed by atoms with Crippen LogP contribution in [0.25, 0.3) is 0 Å². The number of aryl methyl sites for hydroxylation is 1. The SMILES string of the molecule is COc1ccc([C@H]2c3cc(OC)c(OC)cc3CCN2C(=O)Nc2ccc(OC)cc2C)cc1. The maximum Gasteiger partial charge on any atom is 0.322 e. The number of methoxy groups -OCH3 is 4. The molecule has 0 saturated heterocycles. The molecule has 34 heavy (non-hydrogen) atoms. The van der Waals surface area contributed by atoms with Crippen molar-refractivity contribution in [2.24, 2.45) is 0 Å². The molecule has 4 rings (SSSR count). The zero-order valence-electron chi connectivity index (χ0n) is 20.2. The Morgan fingerprint density at radius 2 is 1.50 bits per heavy atom. The monoisotopic (exact) mass is 462 g/mol. The lowest BCUT2D eigenvalue weighted by Gasteiger charge is -2.38. The van der Waals surface area contributed by atoms with Crippen LogP contribution in [0.4, 0.5) is 10.5 Å². The first-order chi connectivity index (χ1) is 16.5. The van der Waals surface area contributed by atoms with E-state index in [1.807, 2.05) is 66.4 Å². The van der Waals surface area contributed by atoms with Crippen LogP contribution in [0.2, 0.25) is 0 Å². The Morgan fingerprint density at radius 3 is 2.12 bits per heavy atom. The van der Waals surface area contributed by atoms with E-state index in [4.69, 9.17) is 18.9 Å². The van der Waals surface area contributed by atoms with Crippen molar-refractivity contribution in [3.8, 4) is 23.0 Å². The molecule has 1 aliphatic rings. The summed E-state index contributed by atoms with van der Waals surface area (Å²) in [5, 5.41) is 3.09. The summed E-state index contributed by atoms with van der Waals surface area (Å²) < 4.78 is 21.7. The van der Waals surface area contributed by atoms with Gasteiger partial charge in [0, 0.05) is 12.2 Å². The summed E-state index contributed by atoms with van der Waals surface area (Å²) in [4.78, 5) is 15.4. The maximum absolute atomic E-state index is 13.6. The first-order valence-corrected chi connectivity index (χ1v) is 11.1. The molecule has 0 fully saturated rings. The van der Waals surface area contributed by atoms with Crippen molar-refractivity contribution in [1.29, 1.82) is 0 Å². The minimum atomic E-state index is -0.298. The van der Waals surface area contributed by atoms with Crippen molar-refractivity contribution in [2.75, 3.05) is 40.3 Å². The third-order valence-corrected chi connectivity index (χ3v) is 6.24. The summed E-state index contributed by atoms with van der Waals surface area (Å²) >= 11 is 0. The van der Waals surface area contributed by atoms with Gasteiger partial charge in [0.2, 0.25) is 0 Å². The normalized spacial score (nSPS) is 14.7. The Bertz CT molecular complexity index is 1180. The molecule has 3 aromatic carbocycles. The van der Waals surface area contributed by atoms with Gasteiger partial charge < -0.3 is 29.2 Å². The smallest absolute Gasteiger partial charge is 0.322 e. The zero-order chi connectivity index (χ0) is 24.2. The lowest BCUT2D eigenvalue weighted by molar-refractivity contribution is 0.193. The van der Waals surface area contributed by atoms with Gasteiger partial charge in [-0.2, -0.15) is 0 Å². The minimum Gasteiger partial charge on any atom is -0.497 e. The second-order valence-corrected chi connectivity index (χ2v) is 8.14. The number of urea groups is 1. The van der Waals surface area contributed by atoms with Crippen LogP contribution in [0.3, 0.4) is 0 Å². The molecule has 0 spiro atoms. The Kier molecular flexibility index (Phi) is 6.82. The molecular formula is C27H30N2O5. The van der Waals surface area contributed by atoms with E-state index in [9.17, 15) is 4.79 Å². The fourth-order valence-electron chi connectivity index (χ4n) is 4.40. The molecule has 3 aromatic rings. The van der Waals surface area contributed by atoms with Gasteiger partial charge in [-0.25, -0.2) is 4.79 Å². The highest BCUT2D eigenvalue weighted by Crippen LogP contribution is 2.41. The fraction of sp³-hybridized carbons (Fsp3) is 0.296. The molecule has 0 unspecified atom stereocenters. The third-order valence-electron chi connectivity index (χ3n) is 6.24. The molecule has 1 aliphatic heterocycles. The molecule has 2 amide bonds. The quantitative estimate of drug-likeness (QED) is 0.545. The van der Waals surface area contributed by atoms with Crippen molar-refractivity contribution in [3.05, 3.63) is 76.9 Å². The van der Waals surface area contributed by atoms with Gasteiger partial charge in [-0.1, -0.05) is 12.1 Å². The van der Waals surface area contributed by atoms with Gasteiger partial charge in [-0.05, 0) is 78.1 Å². The number of anilines is 1. The molecule has 0 radical (unpaired) electrons. The number of hydrogen-bond donors (Lipinski definition) is 1. The lowest BCUT2D eigenvalue weighted by Crippen LogP contribution is -2.43. The van der Waals surface area contributed by atoms with Crippen LogP contribution in [-0.2, 0) is 6.42 Å². The van der Waals surface area contributed by atoms with E-state index >= 15 is 0 Å². The van der Waals surface area contributed by atoms with E-state index in [1.165, 1.54) is 0 Å². The predicted molar refractivity (Wildman–Crippen MR) is 132 cm³/mol. The third kappa shape index (κ3) is 4.46. The second-order valence-electron chi connectivity index (χ2n) is 8.14. The maximum atomic E-state index is 13.6. The van der Waals surface area contributed by atoms with Crippen molar-refractivity contribution in [3.63, 3.8) is 0 Å². The minimum absolute atomic E-state index is 0.172. The molecule has 0 aliphatic carbocycles. The predicted octanol–water partition coefficient (Wildman–Crippen LogP) is 5.21. The summed E-state index contributed by atoms with van der Waals surface area (Å²) in [5.41, 5.74) is 4.80. The van der Waals surface area contributed by atoms with Crippen LogP contribution in [0.5, 0.6) is 23.0 Å². The van der Waals surface area contributed by atoms with Crippen molar-refractivity contribution in [1.82, 2.24) is 4.90 Å². The Morgan fingerprint density at radius 1 is 0.853 bits per heavy atom. The van der Waals surface area contributed by atoms with Crippen LogP contribution >= 0.6 is 0 Å². The summed E-state index contributed by atoms with van der Waals surface area (Å²) in [7, 11) is 6.51. The standard InChI is InChI=1S/C27H30N2O5/c1-17-14-21(32-3)10-11-23(17)28-27(30)29-13-12-19-15-24(33-4)25(34-5)16-22(19)26(29)18-6-8-20(31-2)9-7-18/h6-11,14-16,26H,12-13H2,1-5H3,(H,28,30)/t26-/m0/s1. The largest absolute Gasteiger partial charge is 0.497 e. The van der Waals surface area contributed by atoms with Gasteiger partial charge in [-0.15, -0.1) is 0 Å². The first kappa shape index (κ1) is 23.3. The summed E-state index contributed by atoms with van der Waals surface area (Å²) in [6.45, 7) is 2.50. The van der Waals surface area contributed by atoms with Gasteiger partial charge in [0.15, 0.2) is 11.5 Å². The highest BCUT2D eigenvalue weighted by Gasteiger charge is 2.33. The van der Waals surface area contributed by atoms with E-state index in [0.29, 0.717) is 24.5 Å². The number of fused-ring (bicyclic) bond motifs is 1. The van der Waals surface area contributed by atoms with Crippen molar-refractivity contribution < 1.29 is 23.7 Å². The number of carbonyl (C=O) groups is 1. The average molecular weight is 463 g/mol. The number of rotatable bonds is 6. The zero-order valence-corrected chi connectivity index (χ0v) is 20.2. The summed E-state index contributed by atoms with van der Waals surface area (Å²) in [6, 6.07) is 16.9. The van der Waals surface area contributed by atoms with E-state index in [0.717, 1.165) is 39.4 Å². The highest BCUT2D eigenvalue weighted by molar-refractivity contribution is 5.91. The molecule has 1 atom stereocenters. The molecular weight excluding hydrogens is 432 g/mol. The second kappa shape index (κ2) is 9.95. The number of nitrogens with one attached hydrogen (secondary N) is 1. The number of benzene rings is 3. The molecule has 7 heteroatoms. The molecule has 178 valence electrons. The van der Waals surface area contributed by atoms with Crippen LogP contribution < -0.4 is 24.3 Å². The Balaban J connectivity index is 1.74. The van der Waals surface area contributed by atoms with Crippen molar-refractivity contribution >= 4 is 11.7 Å². The van der Waals surface area contributed by atoms with Crippen molar-refractivity contribution in [2.45, 2.75) is 19.4 Å². The first-order valence-electron chi connectivity index (χ1n) is 11.1. The van der Waals surface area contributed by atoms with E-state index < -0.39 is 0 Å². The Hall–Kier alpha value is -3.87. The Labute approximate surface area is 200 Å². The molecule has 7 nitrogen and oxygen atoms in total. The molecule has 0 aromatic heterocycles. The number of nitrogens with zero attached hydrogens (tertiary/aromatic N) is 1. The summed E-state index contributed by atoms with van der Waals surface area (Å²) in [5.74, 6) is 2.83. The van der Waals surface area contributed by atoms with Gasteiger partial charge in [-0.3, -0.25) is 0 Å². The molecule has 1 heterocycles. The van der Waals surface area contributed by atoms with Crippen LogP contribution in [-0.4, -0.2) is 45.9 Å². The number of ether oxygens (including phenoxy) is 4. The van der Waals surface area contributed by atoms with Crippen LogP contribution in [0.15, 0.2) is 54.6 Å². The van der Waals surface area contributed by atoms with Gasteiger partial charge in [0.05, 0.1) is 34.5 Å². The fourth-order valence-corrected chi connectivity index (χ4v) is 4.40. The molecule has 1 N–H and O–H groups in total. The van der Waals surface area contributed by atoms with Gasteiger partial charge in [0.1, 0.15) is 11.5 Å².